The molecule has 23 heavy (non-hydrogen) atoms. The van der Waals surface area contributed by atoms with Gasteiger partial charge >= 0.3 is 0 Å². The van der Waals surface area contributed by atoms with E-state index in [1.54, 1.807) is 18.2 Å². The lowest BCUT2D eigenvalue weighted by molar-refractivity contribution is 0.579. The predicted molar refractivity (Wildman–Crippen MR) is 89.1 cm³/mol. The van der Waals surface area contributed by atoms with Gasteiger partial charge in [-0.05, 0) is 24.3 Å². The van der Waals surface area contributed by atoms with Crippen LogP contribution in [0.2, 0.25) is 10.0 Å². The van der Waals surface area contributed by atoms with Crippen molar-refractivity contribution in [3.05, 3.63) is 63.0 Å². The average molecular weight is 393 g/mol. The quantitative estimate of drug-likeness (QED) is 0.554. The van der Waals surface area contributed by atoms with E-state index in [0.29, 0.717) is 15.1 Å². The van der Waals surface area contributed by atoms with Crippen molar-refractivity contribution in [2.24, 2.45) is 0 Å². The summed E-state index contributed by atoms with van der Waals surface area (Å²) in [5, 5.41) is 2.09. The maximum absolute atomic E-state index is 13.8. The molecule has 2 aromatic carbocycles. The van der Waals surface area contributed by atoms with E-state index in [-0.39, 0.29) is 15.5 Å². The van der Waals surface area contributed by atoms with Gasteiger partial charge in [0.1, 0.15) is 11.6 Å². The van der Waals surface area contributed by atoms with Crippen LogP contribution in [-0.2, 0) is 15.6 Å². The van der Waals surface area contributed by atoms with Crippen LogP contribution in [-0.4, -0.2) is 8.42 Å². The van der Waals surface area contributed by atoms with Crippen LogP contribution >= 0.6 is 34.5 Å². The van der Waals surface area contributed by atoms with Gasteiger partial charge in [0.15, 0.2) is 9.84 Å². The number of benzene rings is 2. The maximum atomic E-state index is 13.8. The molecule has 2 nitrogen and oxygen atoms in total. The van der Waals surface area contributed by atoms with Gasteiger partial charge in [-0.1, -0.05) is 29.3 Å². The molecule has 3 aromatic rings. The van der Waals surface area contributed by atoms with E-state index >= 15 is 0 Å². The van der Waals surface area contributed by atoms with Crippen LogP contribution in [0.15, 0.2) is 40.6 Å². The average Bonchev–Trinajstić information content (AvgIpc) is 2.88. The SMILES string of the molecule is O=S(=O)(Cc1cc(F)c(Cl)cc1F)c1csc2cc(Cl)ccc12. The van der Waals surface area contributed by atoms with Crippen LogP contribution in [0.5, 0.6) is 0 Å². The third-order valence-electron chi connectivity index (χ3n) is 3.27. The molecule has 0 unspecified atom stereocenters. The van der Waals surface area contributed by atoms with Crippen molar-refractivity contribution in [3.63, 3.8) is 0 Å². The van der Waals surface area contributed by atoms with Gasteiger partial charge in [0.05, 0.1) is 15.7 Å². The van der Waals surface area contributed by atoms with Crippen molar-refractivity contribution >= 4 is 54.5 Å². The highest BCUT2D eigenvalue weighted by molar-refractivity contribution is 7.91. The molecule has 0 N–H and O–H groups in total. The van der Waals surface area contributed by atoms with Crippen LogP contribution in [0.25, 0.3) is 10.1 Å². The molecule has 0 spiro atoms. The fourth-order valence-electron chi connectivity index (χ4n) is 2.18. The summed E-state index contributed by atoms with van der Waals surface area (Å²) >= 11 is 12.6. The van der Waals surface area contributed by atoms with Crippen LogP contribution in [0.1, 0.15) is 5.56 Å². The number of thiophene rings is 1. The van der Waals surface area contributed by atoms with Gasteiger partial charge in [0.2, 0.25) is 0 Å². The minimum absolute atomic E-state index is 0.0731. The molecule has 0 saturated heterocycles. The summed E-state index contributed by atoms with van der Waals surface area (Å²) < 4.78 is 53.1. The lowest BCUT2D eigenvalue weighted by Gasteiger charge is -2.06. The van der Waals surface area contributed by atoms with E-state index in [2.05, 4.69) is 0 Å². The Morgan fingerprint density at radius 3 is 2.52 bits per heavy atom. The van der Waals surface area contributed by atoms with Crippen LogP contribution in [0, 0.1) is 11.6 Å². The van der Waals surface area contributed by atoms with Gasteiger partial charge in [-0.2, -0.15) is 0 Å². The van der Waals surface area contributed by atoms with Gasteiger partial charge in [-0.3, -0.25) is 0 Å². The van der Waals surface area contributed by atoms with E-state index in [4.69, 9.17) is 23.2 Å². The Balaban J connectivity index is 2.06. The molecular weight excluding hydrogens is 385 g/mol. The van der Waals surface area contributed by atoms with Crippen molar-refractivity contribution in [2.45, 2.75) is 10.6 Å². The molecule has 120 valence electrons. The van der Waals surface area contributed by atoms with Crippen molar-refractivity contribution in [1.82, 2.24) is 0 Å². The first-order valence-electron chi connectivity index (χ1n) is 6.31. The molecule has 0 saturated carbocycles. The standard InChI is InChI=1S/C15H8Cl2F2O2S2/c16-9-1-2-10-14(4-9)22-6-15(10)23(20,21)7-8-3-13(19)11(17)5-12(8)18/h1-6H,7H2. The van der Waals surface area contributed by atoms with E-state index in [9.17, 15) is 17.2 Å². The topological polar surface area (TPSA) is 34.1 Å². The van der Waals surface area contributed by atoms with Crippen molar-refractivity contribution in [3.8, 4) is 0 Å². The Kier molecular flexibility index (Phi) is 4.35. The second-order valence-corrected chi connectivity index (χ2v) is 8.57. The Hall–Kier alpha value is -1.21. The van der Waals surface area contributed by atoms with Crippen molar-refractivity contribution < 1.29 is 17.2 Å². The summed E-state index contributed by atoms with van der Waals surface area (Å²) in [5.41, 5.74) is -0.264. The second-order valence-electron chi connectivity index (χ2n) is 4.86. The lowest BCUT2D eigenvalue weighted by atomic mass is 10.2. The van der Waals surface area contributed by atoms with Gasteiger partial charge in [0.25, 0.3) is 0 Å². The monoisotopic (exact) mass is 392 g/mol. The number of hydrogen-bond donors (Lipinski definition) is 0. The van der Waals surface area contributed by atoms with E-state index < -0.39 is 27.2 Å². The number of halogens is 4. The Morgan fingerprint density at radius 2 is 1.78 bits per heavy atom. The molecule has 0 atom stereocenters. The van der Waals surface area contributed by atoms with Crippen molar-refractivity contribution in [2.75, 3.05) is 0 Å². The molecule has 0 aliphatic heterocycles. The highest BCUT2D eigenvalue weighted by Gasteiger charge is 2.22. The minimum atomic E-state index is -3.84. The summed E-state index contributed by atoms with van der Waals surface area (Å²) in [6, 6.07) is 6.41. The third-order valence-corrected chi connectivity index (χ3v) is 6.59. The first-order valence-corrected chi connectivity index (χ1v) is 9.59. The number of sulfone groups is 1. The first kappa shape index (κ1) is 16.6. The molecule has 0 radical (unpaired) electrons. The molecule has 0 aliphatic carbocycles. The maximum Gasteiger partial charge on any atom is 0.184 e. The summed E-state index contributed by atoms with van der Waals surface area (Å²) in [6.07, 6.45) is 0. The molecule has 1 aromatic heterocycles. The fourth-order valence-corrected chi connectivity index (χ4v) is 5.52. The highest BCUT2D eigenvalue weighted by atomic mass is 35.5. The predicted octanol–water partition coefficient (Wildman–Crippen LogP) is 5.46. The first-order chi connectivity index (χ1) is 10.8. The van der Waals surface area contributed by atoms with Crippen molar-refractivity contribution in [1.29, 1.82) is 0 Å². The van der Waals surface area contributed by atoms with Crippen LogP contribution < -0.4 is 0 Å². The fraction of sp³-hybridized carbons (Fsp3) is 0.0667. The highest BCUT2D eigenvalue weighted by Crippen LogP contribution is 2.33. The zero-order valence-corrected chi connectivity index (χ0v) is 14.5. The molecule has 3 rings (SSSR count). The van der Waals surface area contributed by atoms with Crippen LogP contribution in [0.3, 0.4) is 0 Å². The molecule has 0 aliphatic rings. The van der Waals surface area contributed by atoms with Gasteiger partial charge in [-0.15, -0.1) is 11.3 Å². The normalized spacial score (nSPS) is 12.0. The molecule has 0 amide bonds. The van der Waals surface area contributed by atoms with Crippen LogP contribution in [0.4, 0.5) is 8.78 Å². The van der Waals surface area contributed by atoms with E-state index in [1.165, 1.54) is 16.7 Å². The summed E-state index contributed by atoms with van der Waals surface area (Å²) in [5.74, 6) is -2.37. The zero-order chi connectivity index (χ0) is 16.8. The molecule has 0 fully saturated rings. The summed E-state index contributed by atoms with van der Waals surface area (Å²) in [6.45, 7) is 0. The van der Waals surface area contributed by atoms with E-state index in [0.717, 1.165) is 12.1 Å². The van der Waals surface area contributed by atoms with Gasteiger partial charge in [-0.25, -0.2) is 17.2 Å². The minimum Gasteiger partial charge on any atom is -0.223 e. The summed E-state index contributed by atoms with van der Waals surface area (Å²) in [4.78, 5) is 0.0731. The number of hydrogen-bond acceptors (Lipinski definition) is 3. The Bertz CT molecular complexity index is 1010. The third kappa shape index (κ3) is 3.21. The zero-order valence-electron chi connectivity index (χ0n) is 11.3. The summed E-state index contributed by atoms with van der Waals surface area (Å²) in [7, 11) is -3.84. The molecule has 0 bridgehead atoms. The second kappa shape index (κ2) is 6.02. The van der Waals surface area contributed by atoms with Gasteiger partial charge < -0.3 is 0 Å². The lowest BCUT2D eigenvalue weighted by Crippen LogP contribution is -2.06. The smallest absolute Gasteiger partial charge is 0.184 e. The molecule has 1 heterocycles. The molecular formula is C15H8Cl2F2O2S2. The number of rotatable bonds is 3. The molecule has 8 heteroatoms. The van der Waals surface area contributed by atoms with Gasteiger partial charge in [0, 0.05) is 26.1 Å². The Labute approximate surface area is 145 Å². The Morgan fingerprint density at radius 1 is 1.04 bits per heavy atom. The largest absolute Gasteiger partial charge is 0.223 e. The number of fused-ring (bicyclic) bond motifs is 1. The van der Waals surface area contributed by atoms with E-state index in [1.807, 2.05) is 0 Å².